The predicted octanol–water partition coefficient (Wildman–Crippen LogP) is 3.56. The Bertz CT molecular complexity index is 669. The first-order valence-electron chi connectivity index (χ1n) is 7.48. The van der Waals surface area contributed by atoms with E-state index in [1.54, 1.807) is 12.3 Å². The number of nitrogens with zero attached hydrogens (tertiary/aromatic N) is 2. The number of carbonyl (C=O) groups excluding carboxylic acids is 1. The van der Waals surface area contributed by atoms with Crippen LogP contribution in [0.2, 0.25) is 0 Å². The highest BCUT2D eigenvalue weighted by molar-refractivity contribution is 6.03. The first-order valence-corrected chi connectivity index (χ1v) is 7.48. The van der Waals surface area contributed by atoms with Gasteiger partial charge in [-0.3, -0.25) is 4.79 Å². The van der Waals surface area contributed by atoms with Crippen molar-refractivity contribution in [2.45, 2.75) is 40.2 Å². The quantitative estimate of drug-likeness (QED) is 0.885. The van der Waals surface area contributed by atoms with Crippen LogP contribution in [-0.2, 0) is 0 Å². The predicted molar refractivity (Wildman–Crippen MR) is 89.3 cm³/mol. The van der Waals surface area contributed by atoms with Gasteiger partial charge in [0.15, 0.2) is 0 Å². The van der Waals surface area contributed by atoms with Crippen LogP contribution >= 0.6 is 0 Å². The SMILES string of the molecule is CCC(C)Nc1nccc(C(=O)Nc2cccc(C)c2C)n1. The molecule has 1 aromatic carbocycles. The van der Waals surface area contributed by atoms with Gasteiger partial charge in [-0.1, -0.05) is 19.1 Å². The maximum Gasteiger partial charge on any atom is 0.274 e. The molecule has 1 atom stereocenters. The Hall–Kier alpha value is -2.43. The minimum atomic E-state index is -0.233. The lowest BCUT2D eigenvalue weighted by Gasteiger charge is -2.12. The van der Waals surface area contributed by atoms with Gasteiger partial charge >= 0.3 is 0 Å². The molecule has 0 aliphatic carbocycles. The molecule has 1 amide bonds. The molecule has 0 bridgehead atoms. The zero-order valence-corrected chi connectivity index (χ0v) is 13.5. The Kier molecular flexibility index (Phi) is 5.09. The van der Waals surface area contributed by atoms with Crippen molar-refractivity contribution in [3.8, 4) is 0 Å². The fourth-order valence-corrected chi connectivity index (χ4v) is 1.95. The van der Waals surface area contributed by atoms with Gasteiger partial charge in [0, 0.05) is 17.9 Å². The van der Waals surface area contributed by atoms with E-state index < -0.39 is 0 Å². The average Bonchev–Trinajstić information content (AvgIpc) is 2.52. The Morgan fingerprint density at radius 1 is 1.27 bits per heavy atom. The zero-order valence-electron chi connectivity index (χ0n) is 13.5. The van der Waals surface area contributed by atoms with Gasteiger partial charge in [-0.25, -0.2) is 9.97 Å². The number of hydrogen-bond donors (Lipinski definition) is 2. The summed E-state index contributed by atoms with van der Waals surface area (Å²) in [4.78, 5) is 20.8. The second kappa shape index (κ2) is 7.02. The number of benzene rings is 1. The fraction of sp³-hybridized carbons (Fsp3) is 0.353. The Morgan fingerprint density at radius 2 is 2.05 bits per heavy atom. The van der Waals surface area contributed by atoms with Gasteiger partial charge < -0.3 is 10.6 Å². The number of rotatable bonds is 5. The molecule has 0 spiro atoms. The van der Waals surface area contributed by atoms with Crippen LogP contribution in [0.3, 0.4) is 0 Å². The summed E-state index contributed by atoms with van der Waals surface area (Å²) in [6.07, 6.45) is 2.55. The molecule has 0 radical (unpaired) electrons. The number of carbonyl (C=O) groups is 1. The number of anilines is 2. The standard InChI is InChI=1S/C17H22N4O/c1-5-12(3)19-17-18-10-9-15(21-17)16(22)20-14-8-6-7-11(2)13(14)4/h6-10,12H,5H2,1-4H3,(H,20,22)(H,18,19,21). The summed E-state index contributed by atoms with van der Waals surface area (Å²) < 4.78 is 0. The summed E-state index contributed by atoms with van der Waals surface area (Å²) in [6.45, 7) is 8.13. The Morgan fingerprint density at radius 3 is 2.77 bits per heavy atom. The van der Waals surface area contributed by atoms with Crippen LogP contribution in [0.15, 0.2) is 30.5 Å². The van der Waals surface area contributed by atoms with E-state index in [4.69, 9.17) is 0 Å². The molecule has 5 nitrogen and oxygen atoms in total. The first-order chi connectivity index (χ1) is 10.5. The van der Waals surface area contributed by atoms with Crippen LogP contribution in [0.25, 0.3) is 0 Å². The summed E-state index contributed by atoms with van der Waals surface area (Å²) >= 11 is 0. The molecule has 2 N–H and O–H groups in total. The maximum atomic E-state index is 12.4. The monoisotopic (exact) mass is 298 g/mol. The molecule has 5 heteroatoms. The minimum Gasteiger partial charge on any atom is -0.352 e. The molecule has 22 heavy (non-hydrogen) atoms. The highest BCUT2D eigenvalue weighted by Crippen LogP contribution is 2.18. The second-order valence-electron chi connectivity index (χ2n) is 5.42. The number of nitrogens with one attached hydrogen (secondary N) is 2. The molecular weight excluding hydrogens is 276 g/mol. The van der Waals surface area contributed by atoms with Crippen molar-refractivity contribution in [1.29, 1.82) is 0 Å². The lowest BCUT2D eigenvalue weighted by molar-refractivity contribution is 0.102. The van der Waals surface area contributed by atoms with Crippen molar-refractivity contribution >= 4 is 17.5 Å². The zero-order chi connectivity index (χ0) is 16.1. The van der Waals surface area contributed by atoms with Gasteiger partial charge in [0.1, 0.15) is 5.69 Å². The lowest BCUT2D eigenvalue weighted by Crippen LogP contribution is -2.19. The molecule has 0 aliphatic heterocycles. The molecule has 1 heterocycles. The maximum absolute atomic E-state index is 12.4. The summed E-state index contributed by atoms with van der Waals surface area (Å²) in [5.74, 6) is 0.242. The van der Waals surface area contributed by atoms with Gasteiger partial charge in [0.05, 0.1) is 0 Å². The van der Waals surface area contributed by atoms with E-state index in [0.29, 0.717) is 11.6 Å². The van der Waals surface area contributed by atoms with Crippen LogP contribution in [0.5, 0.6) is 0 Å². The van der Waals surface area contributed by atoms with Gasteiger partial charge in [0.2, 0.25) is 5.95 Å². The van der Waals surface area contributed by atoms with Crippen LogP contribution in [0.4, 0.5) is 11.6 Å². The summed E-state index contributed by atoms with van der Waals surface area (Å²) in [7, 11) is 0. The van der Waals surface area contributed by atoms with E-state index in [1.165, 1.54) is 0 Å². The van der Waals surface area contributed by atoms with Crippen LogP contribution in [0.1, 0.15) is 41.9 Å². The molecular formula is C17H22N4O. The fourth-order valence-electron chi connectivity index (χ4n) is 1.95. The third-order valence-electron chi connectivity index (χ3n) is 3.73. The third kappa shape index (κ3) is 3.81. The van der Waals surface area contributed by atoms with Crippen LogP contribution < -0.4 is 10.6 Å². The average molecular weight is 298 g/mol. The smallest absolute Gasteiger partial charge is 0.274 e. The van der Waals surface area contributed by atoms with Crippen molar-refractivity contribution in [1.82, 2.24) is 9.97 Å². The van der Waals surface area contributed by atoms with Crippen LogP contribution in [0, 0.1) is 13.8 Å². The van der Waals surface area contributed by atoms with Crippen molar-refractivity contribution in [3.05, 3.63) is 47.3 Å². The number of aromatic nitrogens is 2. The van der Waals surface area contributed by atoms with E-state index in [0.717, 1.165) is 23.2 Å². The number of aryl methyl sites for hydroxylation is 1. The Balaban J connectivity index is 2.16. The van der Waals surface area contributed by atoms with E-state index in [9.17, 15) is 4.79 Å². The largest absolute Gasteiger partial charge is 0.352 e. The van der Waals surface area contributed by atoms with Crippen molar-refractivity contribution in [2.75, 3.05) is 10.6 Å². The molecule has 0 saturated carbocycles. The van der Waals surface area contributed by atoms with Crippen molar-refractivity contribution in [3.63, 3.8) is 0 Å². The van der Waals surface area contributed by atoms with E-state index in [-0.39, 0.29) is 11.9 Å². The summed E-state index contributed by atoms with van der Waals surface area (Å²) in [5.41, 5.74) is 3.35. The van der Waals surface area contributed by atoms with Gasteiger partial charge in [0.25, 0.3) is 5.91 Å². The molecule has 2 aromatic rings. The highest BCUT2D eigenvalue weighted by atomic mass is 16.1. The lowest BCUT2D eigenvalue weighted by atomic mass is 10.1. The molecule has 1 unspecified atom stereocenters. The Labute approximate surface area is 131 Å². The molecule has 1 aromatic heterocycles. The van der Waals surface area contributed by atoms with Gasteiger partial charge in [-0.2, -0.15) is 0 Å². The minimum absolute atomic E-state index is 0.233. The molecule has 0 saturated heterocycles. The summed E-state index contributed by atoms with van der Waals surface area (Å²) in [6, 6.07) is 7.71. The van der Waals surface area contributed by atoms with E-state index in [2.05, 4.69) is 27.5 Å². The van der Waals surface area contributed by atoms with Gasteiger partial charge in [-0.05, 0) is 50.5 Å². The van der Waals surface area contributed by atoms with E-state index in [1.807, 2.05) is 39.0 Å². The first kappa shape index (κ1) is 15.9. The second-order valence-corrected chi connectivity index (χ2v) is 5.42. The number of hydrogen-bond acceptors (Lipinski definition) is 4. The highest BCUT2D eigenvalue weighted by Gasteiger charge is 2.11. The van der Waals surface area contributed by atoms with Crippen LogP contribution in [-0.4, -0.2) is 21.9 Å². The van der Waals surface area contributed by atoms with E-state index >= 15 is 0 Å². The molecule has 2 rings (SSSR count). The topological polar surface area (TPSA) is 66.9 Å². The molecule has 116 valence electrons. The summed E-state index contributed by atoms with van der Waals surface area (Å²) in [5, 5.41) is 6.07. The van der Waals surface area contributed by atoms with Crippen molar-refractivity contribution in [2.24, 2.45) is 0 Å². The normalized spacial score (nSPS) is 11.8. The third-order valence-corrected chi connectivity index (χ3v) is 3.73. The van der Waals surface area contributed by atoms with Crippen molar-refractivity contribution < 1.29 is 4.79 Å². The van der Waals surface area contributed by atoms with Gasteiger partial charge in [-0.15, -0.1) is 0 Å². The number of amides is 1. The molecule has 0 aliphatic rings. The molecule has 0 fully saturated rings.